The third-order valence-corrected chi connectivity index (χ3v) is 4.48. The van der Waals surface area contributed by atoms with E-state index >= 15 is 0 Å². The van der Waals surface area contributed by atoms with Crippen molar-refractivity contribution in [1.29, 1.82) is 0 Å². The van der Waals surface area contributed by atoms with Crippen LogP contribution in [0.2, 0.25) is 0 Å². The zero-order chi connectivity index (χ0) is 19.6. The first-order valence-electron chi connectivity index (χ1n) is 9.62. The van der Waals surface area contributed by atoms with E-state index in [1.165, 1.54) is 0 Å². The molecule has 1 unspecified atom stereocenters. The number of hydrogen-bond donors (Lipinski definition) is 1. The highest BCUT2D eigenvalue weighted by molar-refractivity contribution is 5.95. The molecule has 0 fully saturated rings. The van der Waals surface area contributed by atoms with Gasteiger partial charge >= 0.3 is 0 Å². The number of carbonyl (C=O) groups excluding carboxylic acids is 2. The second-order valence-corrected chi connectivity index (χ2v) is 6.71. The van der Waals surface area contributed by atoms with Crippen LogP contribution in [0.5, 0.6) is 0 Å². The van der Waals surface area contributed by atoms with E-state index in [0.29, 0.717) is 24.5 Å². The Labute approximate surface area is 160 Å². The van der Waals surface area contributed by atoms with Crippen LogP contribution in [0.15, 0.2) is 40.9 Å². The summed E-state index contributed by atoms with van der Waals surface area (Å²) in [7, 11) is 0. The first-order chi connectivity index (χ1) is 13.0. The number of nitrogens with zero attached hydrogens (tertiary/aromatic N) is 2. The SMILES string of the molecule is CCCCCN(CC(=O)Nc1cc(C)on1)C(=O)C(CC)c1ccccc1. The molecule has 0 aliphatic carbocycles. The monoisotopic (exact) mass is 371 g/mol. The Kier molecular flexibility index (Phi) is 8.04. The largest absolute Gasteiger partial charge is 0.360 e. The molecule has 0 radical (unpaired) electrons. The van der Waals surface area contributed by atoms with Crippen molar-refractivity contribution in [3.8, 4) is 0 Å². The van der Waals surface area contributed by atoms with Crippen molar-refractivity contribution in [2.24, 2.45) is 0 Å². The summed E-state index contributed by atoms with van der Waals surface area (Å²) in [6, 6.07) is 11.4. The van der Waals surface area contributed by atoms with E-state index in [1.807, 2.05) is 37.3 Å². The summed E-state index contributed by atoms with van der Waals surface area (Å²) in [6.07, 6.45) is 3.65. The molecule has 27 heavy (non-hydrogen) atoms. The Hall–Kier alpha value is -2.63. The fourth-order valence-electron chi connectivity index (χ4n) is 3.06. The van der Waals surface area contributed by atoms with Gasteiger partial charge in [0.25, 0.3) is 0 Å². The van der Waals surface area contributed by atoms with Crippen molar-refractivity contribution in [3.63, 3.8) is 0 Å². The van der Waals surface area contributed by atoms with Crippen LogP contribution in [0.1, 0.15) is 56.8 Å². The van der Waals surface area contributed by atoms with Gasteiger partial charge in [0.1, 0.15) is 5.76 Å². The van der Waals surface area contributed by atoms with Gasteiger partial charge < -0.3 is 14.7 Å². The average Bonchev–Trinajstić information content (AvgIpc) is 3.07. The van der Waals surface area contributed by atoms with Crippen molar-refractivity contribution in [2.45, 2.75) is 52.4 Å². The molecule has 2 rings (SSSR count). The smallest absolute Gasteiger partial charge is 0.245 e. The summed E-state index contributed by atoms with van der Waals surface area (Å²) in [4.78, 5) is 27.3. The molecule has 1 N–H and O–H groups in total. The van der Waals surface area contributed by atoms with Gasteiger partial charge in [0.05, 0.1) is 12.5 Å². The summed E-state index contributed by atoms with van der Waals surface area (Å²) >= 11 is 0. The molecular formula is C21H29N3O3. The summed E-state index contributed by atoms with van der Waals surface area (Å²) in [5.41, 5.74) is 0.984. The second kappa shape index (κ2) is 10.5. The quantitative estimate of drug-likeness (QED) is 0.637. The molecule has 0 saturated carbocycles. The van der Waals surface area contributed by atoms with E-state index < -0.39 is 0 Å². The number of anilines is 1. The lowest BCUT2D eigenvalue weighted by Crippen LogP contribution is -2.41. The molecule has 1 aromatic carbocycles. The van der Waals surface area contributed by atoms with E-state index in [-0.39, 0.29) is 24.3 Å². The molecule has 0 bridgehead atoms. The normalized spacial score (nSPS) is 11.8. The molecule has 146 valence electrons. The Morgan fingerprint density at radius 2 is 1.93 bits per heavy atom. The number of aryl methyl sites for hydroxylation is 1. The Morgan fingerprint density at radius 3 is 2.52 bits per heavy atom. The van der Waals surface area contributed by atoms with Gasteiger partial charge in [-0.1, -0.05) is 62.2 Å². The third kappa shape index (κ3) is 6.24. The molecule has 6 nitrogen and oxygen atoms in total. The fourth-order valence-corrected chi connectivity index (χ4v) is 3.06. The number of carbonyl (C=O) groups is 2. The average molecular weight is 371 g/mol. The van der Waals surface area contributed by atoms with Crippen LogP contribution in [0.3, 0.4) is 0 Å². The minimum atomic E-state index is -0.268. The third-order valence-electron chi connectivity index (χ3n) is 4.48. The summed E-state index contributed by atoms with van der Waals surface area (Å²) in [6.45, 7) is 6.45. The van der Waals surface area contributed by atoms with Gasteiger partial charge in [-0.05, 0) is 25.3 Å². The van der Waals surface area contributed by atoms with Gasteiger partial charge in [-0.2, -0.15) is 0 Å². The zero-order valence-corrected chi connectivity index (χ0v) is 16.4. The molecule has 1 heterocycles. The van der Waals surface area contributed by atoms with Crippen LogP contribution in [-0.4, -0.2) is 35.0 Å². The molecule has 1 atom stereocenters. The molecule has 6 heteroatoms. The van der Waals surface area contributed by atoms with Crippen molar-refractivity contribution >= 4 is 17.6 Å². The van der Waals surface area contributed by atoms with Crippen LogP contribution < -0.4 is 5.32 Å². The minimum absolute atomic E-state index is 0.00807. The molecule has 0 aliphatic rings. The lowest BCUT2D eigenvalue weighted by atomic mass is 9.95. The standard InChI is InChI=1S/C21H29N3O3/c1-4-6-10-13-24(15-20(25)22-19-14-16(3)27-23-19)21(26)18(5-2)17-11-8-7-9-12-17/h7-9,11-12,14,18H,4-6,10,13,15H2,1-3H3,(H,22,23,25). The highest BCUT2D eigenvalue weighted by atomic mass is 16.5. The predicted molar refractivity (Wildman–Crippen MR) is 105 cm³/mol. The lowest BCUT2D eigenvalue weighted by Gasteiger charge is -2.26. The maximum Gasteiger partial charge on any atom is 0.245 e. The predicted octanol–water partition coefficient (Wildman–Crippen LogP) is 4.13. The molecular weight excluding hydrogens is 342 g/mol. The van der Waals surface area contributed by atoms with Gasteiger partial charge in [0.2, 0.25) is 11.8 Å². The number of nitrogens with one attached hydrogen (secondary N) is 1. The van der Waals surface area contributed by atoms with Crippen LogP contribution >= 0.6 is 0 Å². The number of unbranched alkanes of at least 4 members (excludes halogenated alkanes) is 2. The maximum absolute atomic E-state index is 13.2. The Morgan fingerprint density at radius 1 is 1.19 bits per heavy atom. The highest BCUT2D eigenvalue weighted by Crippen LogP contribution is 2.22. The van der Waals surface area contributed by atoms with E-state index in [1.54, 1.807) is 17.9 Å². The van der Waals surface area contributed by atoms with Crippen LogP contribution in [-0.2, 0) is 9.59 Å². The number of amides is 2. The Balaban J connectivity index is 2.09. The van der Waals surface area contributed by atoms with Crippen molar-refractivity contribution in [3.05, 3.63) is 47.7 Å². The highest BCUT2D eigenvalue weighted by Gasteiger charge is 2.26. The van der Waals surface area contributed by atoms with Gasteiger partial charge in [0.15, 0.2) is 5.82 Å². The second-order valence-electron chi connectivity index (χ2n) is 6.71. The van der Waals surface area contributed by atoms with Gasteiger partial charge in [-0.3, -0.25) is 9.59 Å². The zero-order valence-electron chi connectivity index (χ0n) is 16.4. The summed E-state index contributed by atoms with van der Waals surface area (Å²) in [5.74, 6) is 0.474. The van der Waals surface area contributed by atoms with Gasteiger partial charge in [-0.15, -0.1) is 0 Å². The van der Waals surface area contributed by atoms with Crippen molar-refractivity contribution in [1.82, 2.24) is 10.1 Å². The molecule has 2 aromatic rings. The van der Waals surface area contributed by atoms with Crippen LogP contribution in [0.25, 0.3) is 0 Å². The topological polar surface area (TPSA) is 75.4 Å². The summed E-state index contributed by atoms with van der Waals surface area (Å²) in [5, 5.41) is 6.47. The Bertz CT molecular complexity index is 727. The number of aromatic nitrogens is 1. The van der Waals surface area contributed by atoms with Gasteiger partial charge in [0, 0.05) is 12.6 Å². The summed E-state index contributed by atoms with van der Waals surface area (Å²) < 4.78 is 4.97. The molecule has 0 spiro atoms. The molecule has 2 amide bonds. The lowest BCUT2D eigenvalue weighted by molar-refractivity contribution is -0.136. The van der Waals surface area contributed by atoms with Crippen LogP contribution in [0, 0.1) is 6.92 Å². The first-order valence-corrected chi connectivity index (χ1v) is 9.62. The van der Waals surface area contributed by atoms with E-state index in [4.69, 9.17) is 4.52 Å². The molecule has 0 saturated heterocycles. The van der Waals surface area contributed by atoms with Crippen molar-refractivity contribution in [2.75, 3.05) is 18.4 Å². The van der Waals surface area contributed by atoms with E-state index in [9.17, 15) is 9.59 Å². The minimum Gasteiger partial charge on any atom is -0.360 e. The maximum atomic E-state index is 13.2. The molecule has 1 aromatic heterocycles. The number of benzene rings is 1. The van der Waals surface area contributed by atoms with Crippen LogP contribution in [0.4, 0.5) is 5.82 Å². The fraction of sp³-hybridized carbons (Fsp3) is 0.476. The van der Waals surface area contributed by atoms with Gasteiger partial charge in [-0.25, -0.2) is 0 Å². The van der Waals surface area contributed by atoms with Crippen molar-refractivity contribution < 1.29 is 14.1 Å². The first kappa shape index (κ1) is 20.7. The molecule has 0 aliphatic heterocycles. The van der Waals surface area contributed by atoms with E-state index in [0.717, 1.165) is 24.8 Å². The number of rotatable bonds is 10. The van der Waals surface area contributed by atoms with E-state index in [2.05, 4.69) is 17.4 Å². The number of hydrogen-bond acceptors (Lipinski definition) is 4.